The van der Waals surface area contributed by atoms with Crippen molar-refractivity contribution in [2.75, 3.05) is 0 Å². The van der Waals surface area contributed by atoms with Crippen molar-refractivity contribution in [1.82, 2.24) is 9.55 Å². The van der Waals surface area contributed by atoms with Crippen molar-refractivity contribution in [2.45, 2.75) is 0 Å². The number of benzene rings is 4. The van der Waals surface area contributed by atoms with E-state index in [-0.39, 0.29) is 0 Å². The van der Waals surface area contributed by atoms with Crippen molar-refractivity contribution in [1.29, 1.82) is 0 Å². The summed E-state index contributed by atoms with van der Waals surface area (Å²) in [5.41, 5.74) is 5.73. The molecule has 0 bridgehead atoms. The molecule has 6 aromatic rings. The van der Waals surface area contributed by atoms with E-state index >= 15 is 0 Å². The second-order valence-corrected chi connectivity index (χ2v) is 7.43. The zero-order chi connectivity index (χ0) is 19.4. The topological polar surface area (TPSA) is 31.0 Å². The third-order valence-electron chi connectivity index (χ3n) is 5.28. The average Bonchev–Trinajstić information content (AvgIpc) is 3.33. The summed E-state index contributed by atoms with van der Waals surface area (Å²) in [4.78, 5) is 4.95. The average molecular weight is 395 g/mol. The third-order valence-corrected chi connectivity index (χ3v) is 5.59. The second-order valence-electron chi connectivity index (χ2n) is 7.02. The highest BCUT2D eigenvalue weighted by Crippen LogP contribution is 2.37. The van der Waals surface area contributed by atoms with E-state index in [2.05, 4.69) is 34.9 Å². The molecule has 0 fully saturated rings. The minimum absolute atomic E-state index is 0.690. The number of halogens is 1. The van der Waals surface area contributed by atoms with Crippen LogP contribution < -0.4 is 0 Å². The van der Waals surface area contributed by atoms with Crippen LogP contribution in [0, 0.1) is 0 Å². The van der Waals surface area contributed by atoms with Crippen LogP contribution in [0.5, 0.6) is 0 Å². The fraction of sp³-hybridized carbons (Fsp3) is 0. The van der Waals surface area contributed by atoms with Crippen LogP contribution in [0.2, 0.25) is 5.02 Å². The number of hydrogen-bond donors (Lipinski definition) is 0. The highest BCUT2D eigenvalue weighted by atomic mass is 35.5. The van der Waals surface area contributed by atoms with E-state index in [0.29, 0.717) is 5.02 Å². The number of rotatable bonds is 2. The van der Waals surface area contributed by atoms with Crippen molar-refractivity contribution in [3.05, 3.63) is 96.0 Å². The highest BCUT2D eigenvalue weighted by Gasteiger charge is 2.16. The SMILES string of the molecule is Clc1cccc2oc3ccc(-c4nc5ccccc5n4-c4ccccc4)cc3c12. The molecule has 2 heterocycles. The normalized spacial score (nSPS) is 11.6. The minimum atomic E-state index is 0.690. The van der Waals surface area contributed by atoms with Crippen LogP contribution >= 0.6 is 11.6 Å². The lowest BCUT2D eigenvalue weighted by molar-refractivity contribution is 0.669. The van der Waals surface area contributed by atoms with E-state index in [1.54, 1.807) is 0 Å². The van der Waals surface area contributed by atoms with E-state index < -0.39 is 0 Å². The van der Waals surface area contributed by atoms with Gasteiger partial charge >= 0.3 is 0 Å². The molecule has 0 saturated heterocycles. The molecular weight excluding hydrogens is 380 g/mol. The third kappa shape index (κ3) is 2.48. The maximum atomic E-state index is 6.49. The first-order valence-corrected chi connectivity index (χ1v) is 9.81. The Morgan fingerprint density at radius 3 is 2.48 bits per heavy atom. The first-order chi connectivity index (χ1) is 14.3. The van der Waals surface area contributed by atoms with Gasteiger partial charge in [-0.3, -0.25) is 4.57 Å². The van der Waals surface area contributed by atoms with Crippen LogP contribution in [-0.4, -0.2) is 9.55 Å². The molecule has 0 unspecified atom stereocenters. The Morgan fingerprint density at radius 1 is 0.759 bits per heavy atom. The molecule has 0 atom stereocenters. The summed E-state index contributed by atoms with van der Waals surface area (Å²) in [5.74, 6) is 0.890. The Bertz CT molecular complexity index is 1510. The molecule has 0 saturated carbocycles. The van der Waals surface area contributed by atoms with Crippen molar-refractivity contribution in [3.63, 3.8) is 0 Å². The largest absolute Gasteiger partial charge is 0.456 e. The molecule has 0 spiro atoms. The number of imidazole rings is 1. The van der Waals surface area contributed by atoms with Gasteiger partial charge in [-0.2, -0.15) is 0 Å². The number of furan rings is 1. The molecule has 29 heavy (non-hydrogen) atoms. The van der Waals surface area contributed by atoms with Gasteiger partial charge in [-0.25, -0.2) is 4.98 Å². The number of nitrogens with zero attached hydrogens (tertiary/aromatic N) is 2. The fourth-order valence-electron chi connectivity index (χ4n) is 3.98. The Kier molecular flexibility index (Phi) is 3.52. The monoisotopic (exact) mass is 394 g/mol. The van der Waals surface area contributed by atoms with Crippen LogP contribution in [0.15, 0.2) is 95.4 Å². The maximum Gasteiger partial charge on any atom is 0.145 e. The molecule has 0 N–H and O–H groups in total. The summed E-state index contributed by atoms with van der Waals surface area (Å²) in [5, 5.41) is 2.62. The van der Waals surface area contributed by atoms with E-state index in [9.17, 15) is 0 Å². The Morgan fingerprint density at radius 2 is 1.59 bits per heavy atom. The Balaban J connectivity index is 1.68. The lowest BCUT2D eigenvalue weighted by atomic mass is 10.1. The lowest BCUT2D eigenvalue weighted by Crippen LogP contribution is -1.97. The number of para-hydroxylation sites is 3. The molecule has 0 amide bonds. The first-order valence-electron chi connectivity index (χ1n) is 9.44. The van der Waals surface area contributed by atoms with Crippen LogP contribution in [0.4, 0.5) is 0 Å². The first kappa shape index (κ1) is 16.4. The molecule has 2 aromatic heterocycles. The predicted molar refractivity (Wildman–Crippen MR) is 119 cm³/mol. The second kappa shape index (κ2) is 6.23. The van der Waals surface area contributed by atoms with E-state index in [1.165, 1.54) is 0 Å². The van der Waals surface area contributed by atoms with Gasteiger partial charge < -0.3 is 4.42 Å². The standard InChI is InChI=1S/C25H15ClN2O/c26-19-9-6-12-23-24(19)18-15-16(13-14-22(18)29-23)25-27-20-10-4-5-11-21(20)28(25)17-7-2-1-3-8-17/h1-15H. The summed E-state index contributed by atoms with van der Waals surface area (Å²) in [6.45, 7) is 0. The maximum absolute atomic E-state index is 6.49. The fourth-order valence-corrected chi connectivity index (χ4v) is 4.25. The quantitative estimate of drug-likeness (QED) is 0.310. The smallest absolute Gasteiger partial charge is 0.145 e. The van der Waals surface area contributed by atoms with Gasteiger partial charge in [0.25, 0.3) is 0 Å². The summed E-state index contributed by atoms with van der Waals surface area (Å²) in [6.07, 6.45) is 0. The van der Waals surface area contributed by atoms with Crippen molar-refractivity contribution < 1.29 is 4.42 Å². The van der Waals surface area contributed by atoms with Gasteiger partial charge in [0.2, 0.25) is 0 Å². The molecule has 0 radical (unpaired) electrons. The highest BCUT2D eigenvalue weighted by molar-refractivity contribution is 6.37. The molecule has 4 heteroatoms. The van der Waals surface area contributed by atoms with Gasteiger partial charge in [0.15, 0.2) is 0 Å². The zero-order valence-electron chi connectivity index (χ0n) is 15.3. The number of aromatic nitrogens is 2. The summed E-state index contributed by atoms with van der Waals surface area (Å²) >= 11 is 6.49. The van der Waals surface area contributed by atoms with Gasteiger partial charge in [-0.05, 0) is 54.6 Å². The van der Waals surface area contributed by atoms with Crippen molar-refractivity contribution in [2.24, 2.45) is 0 Å². The van der Waals surface area contributed by atoms with E-state index in [0.717, 1.165) is 50.0 Å². The van der Waals surface area contributed by atoms with Crippen LogP contribution in [0.3, 0.4) is 0 Å². The van der Waals surface area contributed by atoms with Crippen LogP contribution in [0.1, 0.15) is 0 Å². The minimum Gasteiger partial charge on any atom is -0.456 e. The molecule has 3 nitrogen and oxygen atoms in total. The molecule has 0 aliphatic rings. The van der Waals surface area contributed by atoms with Gasteiger partial charge in [0.05, 0.1) is 16.1 Å². The zero-order valence-corrected chi connectivity index (χ0v) is 16.1. The summed E-state index contributed by atoms with van der Waals surface area (Å²) < 4.78 is 8.18. The molecule has 6 rings (SSSR count). The molecular formula is C25H15ClN2O. The summed E-state index contributed by atoms with van der Waals surface area (Å²) in [6, 6.07) is 30.4. The van der Waals surface area contributed by atoms with E-state index in [4.69, 9.17) is 21.0 Å². The van der Waals surface area contributed by atoms with Gasteiger partial charge in [-0.1, -0.05) is 48.0 Å². The van der Waals surface area contributed by atoms with Crippen molar-refractivity contribution in [3.8, 4) is 17.1 Å². The number of fused-ring (bicyclic) bond motifs is 4. The molecule has 0 aliphatic heterocycles. The van der Waals surface area contributed by atoms with Gasteiger partial charge in [-0.15, -0.1) is 0 Å². The molecule has 4 aromatic carbocycles. The van der Waals surface area contributed by atoms with Crippen LogP contribution in [-0.2, 0) is 0 Å². The summed E-state index contributed by atoms with van der Waals surface area (Å²) in [7, 11) is 0. The van der Waals surface area contributed by atoms with Crippen molar-refractivity contribution >= 4 is 44.6 Å². The Labute approximate surface area is 171 Å². The molecule has 138 valence electrons. The van der Waals surface area contributed by atoms with E-state index in [1.807, 2.05) is 60.7 Å². The lowest BCUT2D eigenvalue weighted by Gasteiger charge is -2.09. The number of hydrogen-bond acceptors (Lipinski definition) is 2. The predicted octanol–water partition coefficient (Wildman–Crippen LogP) is 7.25. The van der Waals surface area contributed by atoms with Gasteiger partial charge in [0.1, 0.15) is 17.0 Å². The van der Waals surface area contributed by atoms with Gasteiger partial charge in [0, 0.05) is 22.0 Å². The molecule has 0 aliphatic carbocycles. The Hall–Kier alpha value is -3.56. The van der Waals surface area contributed by atoms with Crippen LogP contribution in [0.25, 0.3) is 50.0 Å².